The maximum absolute atomic E-state index is 11.7. The summed E-state index contributed by atoms with van der Waals surface area (Å²) in [5, 5.41) is 18.0. The van der Waals surface area contributed by atoms with Gasteiger partial charge < -0.3 is 5.21 Å². The molecule has 17 heavy (non-hydrogen) atoms. The molecule has 0 saturated carbocycles. The van der Waals surface area contributed by atoms with Crippen molar-refractivity contribution in [3.63, 3.8) is 0 Å². The van der Waals surface area contributed by atoms with Crippen LogP contribution < -0.4 is 0 Å². The summed E-state index contributed by atoms with van der Waals surface area (Å²) >= 11 is 0. The van der Waals surface area contributed by atoms with E-state index in [4.69, 9.17) is 0 Å². The Balaban J connectivity index is 2.65. The molecule has 86 valence electrons. The summed E-state index contributed by atoms with van der Waals surface area (Å²) < 4.78 is 5.64. The fraction of sp³-hybridized carbons (Fsp3) is 0.182. The van der Waals surface area contributed by atoms with Gasteiger partial charge >= 0.3 is 0 Å². The predicted octanol–water partition coefficient (Wildman–Crippen LogP) is 1.93. The minimum Gasteiger partial charge on any atom is -0.428 e. The van der Waals surface area contributed by atoms with Crippen LogP contribution in [0.3, 0.4) is 0 Å². The van der Waals surface area contributed by atoms with Crippen molar-refractivity contribution in [1.29, 1.82) is 0 Å². The van der Waals surface area contributed by atoms with Crippen molar-refractivity contribution >= 4 is 27.7 Å². The molecule has 0 aliphatic heterocycles. The van der Waals surface area contributed by atoms with Gasteiger partial charge in [0.2, 0.25) is 0 Å². The van der Waals surface area contributed by atoms with Crippen molar-refractivity contribution < 1.29 is 14.6 Å². The van der Waals surface area contributed by atoms with E-state index in [-0.39, 0.29) is 5.78 Å². The molecule has 1 aromatic carbocycles. The monoisotopic (exact) mass is 231 g/mol. The summed E-state index contributed by atoms with van der Waals surface area (Å²) in [6.45, 7) is 3.13. The van der Waals surface area contributed by atoms with Gasteiger partial charge in [0, 0.05) is 5.39 Å². The van der Waals surface area contributed by atoms with Crippen LogP contribution in [0.4, 0.5) is 0 Å². The minimum atomic E-state index is -0.129. The van der Waals surface area contributed by atoms with E-state index < -0.39 is 0 Å². The van der Waals surface area contributed by atoms with Crippen LogP contribution in [0.15, 0.2) is 16.8 Å². The first-order valence-corrected chi connectivity index (χ1v) is 5.07. The molecule has 6 nitrogen and oxygen atoms in total. The Kier molecular flexibility index (Phi) is 1.77. The summed E-state index contributed by atoms with van der Waals surface area (Å²) in [5.74, 6) is -0.129. The topological polar surface area (TPSA) is 81.2 Å². The van der Waals surface area contributed by atoms with Gasteiger partial charge in [0.25, 0.3) is 0 Å². The van der Waals surface area contributed by atoms with Crippen LogP contribution in [0, 0.1) is 6.92 Å². The number of benzene rings is 1. The highest BCUT2D eigenvalue weighted by molar-refractivity contribution is 6.16. The smallest absolute Gasteiger partial charge is 0.162 e. The molecule has 0 bridgehead atoms. The highest BCUT2D eigenvalue weighted by atomic mass is 16.6. The molecule has 6 heteroatoms. The number of aromatic nitrogens is 3. The van der Waals surface area contributed by atoms with Gasteiger partial charge in [-0.05, 0) is 36.3 Å². The number of carbonyl (C=O) groups is 1. The lowest BCUT2D eigenvalue weighted by Crippen LogP contribution is -1.97. The molecule has 0 radical (unpaired) electrons. The van der Waals surface area contributed by atoms with E-state index in [1.54, 1.807) is 19.1 Å². The van der Waals surface area contributed by atoms with Crippen LogP contribution in [-0.2, 0) is 0 Å². The molecular weight excluding hydrogens is 222 g/mol. The van der Waals surface area contributed by atoms with E-state index in [2.05, 4.69) is 14.9 Å². The fourth-order valence-electron chi connectivity index (χ4n) is 2.16. The number of carbonyl (C=O) groups excluding carboxylic acids is 1. The molecule has 3 rings (SSSR count). The average molecular weight is 231 g/mol. The maximum atomic E-state index is 11.7. The van der Waals surface area contributed by atoms with Gasteiger partial charge in [-0.1, -0.05) is 0 Å². The average Bonchev–Trinajstić information content (AvgIpc) is 2.83. The van der Waals surface area contributed by atoms with E-state index in [1.807, 2.05) is 0 Å². The van der Waals surface area contributed by atoms with E-state index in [0.717, 1.165) is 4.73 Å². The standard InChI is InChI=1S/C11H9N3O3/c1-5-9(6(2)15)10-8(14(5)16)4-3-7-11(10)13-17-12-7/h3-4,16H,1-2H3. The summed E-state index contributed by atoms with van der Waals surface area (Å²) in [6, 6.07) is 3.37. The van der Waals surface area contributed by atoms with Crippen LogP contribution >= 0.6 is 0 Å². The van der Waals surface area contributed by atoms with Crippen LogP contribution in [0.5, 0.6) is 0 Å². The second-order valence-electron chi connectivity index (χ2n) is 3.92. The molecule has 2 heterocycles. The Bertz CT molecular complexity index is 754. The molecule has 3 aromatic rings. The van der Waals surface area contributed by atoms with Crippen LogP contribution in [0.1, 0.15) is 23.0 Å². The lowest BCUT2D eigenvalue weighted by atomic mass is 10.1. The predicted molar refractivity (Wildman–Crippen MR) is 59.2 cm³/mol. The number of hydrogen-bond acceptors (Lipinski definition) is 5. The lowest BCUT2D eigenvalue weighted by molar-refractivity contribution is 0.101. The first-order valence-electron chi connectivity index (χ1n) is 5.07. The third kappa shape index (κ3) is 1.12. The Morgan fingerprint density at radius 1 is 1.41 bits per heavy atom. The second kappa shape index (κ2) is 3.07. The molecule has 0 spiro atoms. The second-order valence-corrected chi connectivity index (χ2v) is 3.92. The highest BCUT2D eigenvalue weighted by Gasteiger charge is 2.21. The SMILES string of the molecule is CC(=O)c1c(C)n(O)c2ccc3nonc3c12. The Hall–Kier alpha value is -2.37. The van der Waals surface area contributed by atoms with Crippen LogP contribution in [0.2, 0.25) is 0 Å². The molecule has 0 amide bonds. The number of Topliss-reactive ketones (excluding diaryl/α,β-unsaturated/α-hetero) is 1. The van der Waals surface area contributed by atoms with E-state index in [1.165, 1.54) is 6.92 Å². The number of nitrogens with zero attached hydrogens (tertiary/aromatic N) is 3. The Labute approximate surface area is 95.4 Å². The van der Waals surface area contributed by atoms with Gasteiger partial charge in [-0.25, -0.2) is 4.63 Å². The van der Waals surface area contributed by atoms with Gasteiger partial charge in [0.15, 0.2) is 5.78 Å². The van der Waals surface area contributed by atoms with Gasteiger partial charge in [-0.15, -0.1) is 0 Å². The number of fused-ring (bicyclic) bond motifs is 3. The first-order chi connectivity index (χ1) is 8.11. The van der Waals surface area contributed by atoms with Gasteiger partial charge in [-0.2, -0.15) is 4.73 Å². The van der Waals surface area contributed by atoms with Crippen LogP contribution in [-0.4, -0.2) is 26.0 Å². The minimum absolute atomic E-state index is 0.129. The zero-order valence-electron chi connectivity index (χ0n) is 9.26. The van der Waals surface area contributed by atoms with E-state index in [0.29, 0.717) is 33.2 Å². The lowest BCUT2D eigenvalue weighted by Gasteiger charge is -1.95. The molecule has 0 unspecified atom stereocenters. The third-order valence-electron chi connectivity index (χ3n) is 2.92. The maximum Gasteiger partial charge on any atom is 0.162 e. The molecule has 2 aromatic heterocycles. The van der Waals surface area contributed by atoms with E-state index >= 15 is 0 Å². The van der Waals surface area contributed by atoms with Gasteiger partial charge in [-0.3, -0.25) is 4.79 Å². The van der Waals surface area contributed by atoms with E-state index in [9.17, 15) is 10.0 Å². The fourth-order valence-corrected chi connectivity index (χ4v) is 2.16. The molecule has 0 atom stereocenters. The van der Waals surface area contributed by atoms with Crippen molar-refractivity contribution in [2.45, 2.75) is 13.8 Å². The van der Waals surface area contributed by atoms with Gasteiger partial charge in [0.1, 0.15) is 11.0 Å². The molecule has 0 aliphatic carbocycles. The number of hydrogen-bond donors (Lipinski definition) is 1. The molecule has 1 N–H and O–H groups in total. The van der Waals surface area contributed by atoms with Crippen molar-refractivity contribution in [2.75, 3.05) is 0 Å². The Morgan fingerprint density at radius 2 is 2.18 bits per heavy atom. The Morgan fingerprint density at radius 3 is 2.88 bits per heavy atom. The first kappa shape index (κ1) is 9.83. The summed E-state index contributed by atoms with van der Waals surface area (Å²) in [5.41, 5.74) is 2.51. The van der Waals surface area contributed by atoms with Crippen LogP contribution in [0.25, 0.3) is 21.9 Å². The third-order valence-corrected chi connectivity index (χ3v) is 2.92. The zero-order chi connectivity index (χ0) is 12.2. The summed E-state index contributed by atoms with van der Waals surface area (Å²) in [7, 11) is 0. The molecule has 0 saturated heterocycles. The molecule has 0 aliphatic rings. The van der Waals surface area contributed by atoms with Crippen molar-refractivity contribution in [3.05, 3.63) is 23.4 Å². The zero-order valence-corrected chi connectivity index (χ0v) is 9.26. The summed E-state index contributed by atoms with van der Waals surface area (Å²) in [4.78, 5) is 11.7. The quantitative estimate of drug-likeness (QED) is 0.511. The highest BCUT2D eigenvalue weighted by Crippen LogP contribution is 2.30. The van der Waals surface area contributed by atoms with Crippen molar-refractivity contribution in [3.8, 4) is 0 Å². The normalized spacial score (nSPS) is 11.4. The van der Waals surface area contributed by atoms with Crippen molar-refractivity contribution in [1.82, 2.24) is 15.0 Å². The van der Waals surface area contributed by atoms with Crippen molar-refractivity contribution in [2.24, 2.45) is 0 Å². The molecule has 0 fully saturated rings. The van der Waals surface area contributed by atoms with Gasteiger partial charge in [0.05, 0.1) is 16.8 Å². The number of rotatable bonds is 1. The number of ketones is 1. The molecular formula is C11H9N3O3. The largest absolute Gasteiger partial charge is 0.428 e. The summed E-state index contributed by atoms with van der Waals surface area (Å²) in [6.07, 6.45) is 0.